The predicted molar refractivity (Wildman–Crippen MR) is 99.6 cm³/mol. The van der Waals surface area contributed by atoms with Crippen LogP contribution in [0.25, 0.3) is 22.4 Å². The van der Waals surface area contributed by atoms with Crippen molar-refractivity contribution in [3.8, 4) is 17.1 Å². The second-order valence-electron chi connectivity index (χ2n) is 6.11. The van der Waals surface area contributed by atoms with Crippen LogP contribution in [0.1, 0.15) is 10.4 Å². The number of hydrogen-bond donors (Lipinski definition) is 2. The Morgan fingerprint density at radius 1 is 1.23 bits per heavy atom. The lowest BCUT2D eigenvalue weighted by Gasteiger charge is -2.29. The summed E-state index contributed by atoms with van der Waals surface area (Å²) in [6.07, 6.45) is 0. The molecule has 0 spiro atoms. The van der Waals surface area contributed by atoms with Gasteiger partial charge in [-0.3, -0.25) is 4.79 Å². The van der Waals surface area contributed by atoms with Crippen LogP contribution in [0.3, 0.4) is 0 Å². The Kier molecular flexibility index (Phi) is 4.22. The number of ether oxygens (including phenoxy) is 2. The van der Waals surface area contributed by atoms with Gasteiger partial charge < -0.3 is 25.1 Å². The Bertz CT molecular complexity index is 961. The third-order valence-corrected chi connectivity index (χ3v) is 4.60. The number of imidazole rings is 1. The molecule has 0 saturated carbocycles. The van der Waals surface area contributed by atoms with E-state index in [0.717, 1.165) is 29.8 Å². The van der Waals surface area contributed by atoms with Gasteiger partial charge in [-0.25, -0.2) is 4.98 Å². The first kappa shape index (κ1) is 16.4. The lowest BCUT2D eigenvalue weighted by atomic mass is 10.1. The van der Waals surface area contributed by atoms with Gasteiger partial charge in [0.15, 0.2) is 0 Å². The summed E-state index contributed by atoms with van der Waals surface area (Å²) in [5.74, 6) is 0.808. The van der Waals surface area contributed by atoms with Crippen molar-refractivity contribution in [1.29, 1.82) is 0 Å². The minimum atomic E-state index is -0.485. The van der Waals surface area contributed by atoms with E-state index in [1.165, 1.54) is 0 Å². The van der Waals surface area contributed by atoms with E-state index in [2.05, 4.69) is 9.88 Å². The number of fused-ring (bicyclic) bond motifs is 1. The molecule has 3 aromatic rings. The van der Waals surface area contributed by atoms with E-state index in [-0.39, 0.29) is 0 Å². The normalized spacial score (nSPS) is 14.6. The second kappa shape index (κ2) is 6.68. The topological polar surface area (TPSA) is 93.5 Å². The summed E-state index contributed by atoms with van der Waals surface area (Å²) < 4.78 is 10.9. The van der Waals surface area contributed by atoms with Crippen LogP contribution in [0, 0.1) is 0 Å². The van der Waals surface area contributed by atoms with Gasteiger partial charge in [-0.1, -0.05) is 18.2 Å². The summed E-state index contributed by atoms with van der Waals surface area (Å²) in [4.78, 5) is 22.1. The fraction of sp³-hybridized carbons (Fsp3) is 0.263. The zero-order valence-electron chi connectivity index (χ0n) is 14.5. The number of carbonyl (C=O) groups is 1. The lowest BCUT2D eigenvalue weighted by Crippen LogP contribution is -2.36. The number of aromatic amines is 1. The molecule has 7 heteroatoms. The summed E-state index contributed by atoms with van der Waals surface area (Å²) in [7, 11) is 1.63. The lowest BCUT2D eigenvalue weighted by molar-refractivity contribution is 0.100. The average Bonchev–Trinajstić information content (AvgIpc) is 3.13. The molecule has 0 atom stereocenters. The van der Waals surface area contributed by atoms with E-state index in [1.54, 1.807) is 19.2 Å². The molecular weight excluding hydrogens is 332 g/mol. The zero-order chi connectivity index (χ0) is 18.1. The smallest absolute Gasteiger partial charge is 0.249 e. The van der Waals surface area contributed by atoms with Gasteiger partial charge in [-0.2, -0.15) is 0 Å². The summed E-state index contributed by atoms with van der Waals surface area (Å²) in [6, 6.07) is 11.1. The summed E-state index contributed by atoms with van der Waals surface area (Å²) >= 11 is 0. The second-order valence-corrected chi connectivity index (χ2v) is 6.11. The van der Waals surface area contributed by atoms with E-state index < -0.39 is 5.91 Å². The van der Waals surface area contributed by atoms with Crippen LogP contribution in [0.15, 0.2) is 36.4 Å². The third kappa shape index (κ3) is 2.76. The Morgan fingerprint density at radius 2 is 2.00 bits per heavy atom. The summed E-state index contributed by atoms with van der Waals surface area (Å²) in [6.45, 7) is 2.99. The minimum Gasteiger partial charge on any atom is -0.494 e. The third-order valence-electron chi connectivity index (χ3n) is 4.60. The quantitative estimate of drug-likeness (QED) is 0.751. The molecule has 26 heavy (non-hydrogen) atoms. The van der Waals surface area contributed by atoms with Crippen molar-refractivity contribution >= 4 is 22.6 Å². The van der Waals surface area contributed by atoms with Gasteiger partial charge >= 0.3 is 0 Å². The van der Waals surface area contributed by atoms with E-state index in [1.807, 2.05) is 24.3 Å². The fourth-order valence-electron chi connectivity index (χ4n) is 3.32. The maximum atomic E-state index is 11.8. The number of nitrogens with two attached hydrogens (primary N) is 1. The molecule has 1 aliphatic rings. The van der Waals surface area contributed by atoms with E-state index in [9.17, 15) is 4.79 Å². The molecule has 1 saturated heterocycles. The van der Waals surface area contributed by atoms with Gasteiger partial charge in [0.05, 0.1) is 31.6 Å². The van der Waals surface area contributed by atoms with Crippen molar-refractivity contribution in [3.63, 3.8) is 0 Å². The highest BCUT2D eigenvalue weighted by molar-refractivity contribution is 6.01. The maximum absolute atomic E-state index is 11.8. The molecule has 0 aliphatic carbocycles. The van der Waals surface area contributed by atoms with Crippen LogP contribution < -0.4 is 15.4 Å². The first-order valence-corrected chi connectivity index (χ1v) is 8.47. The number of methoxy groups -OCH3 is 1. The van der Waals surface area contributed by atoms with Gasteiger partial charge in [-0.05, 0) is 18.2 Å². The first-order chi connectivity index (χ1) is 12.7. The molecular formula is C19H20N4O3. The van der Waals surface area contributed by atoms with E-state index in [0.29, 0.717) is 35.9 Å². The van der Waals surface area contributed by atoms with E-state index >= 15 is 0 Å². The molecule has 1 aromatic heterocycles. The number of H-pyrrole nitrogens is 1. The van der Waals surface area contributed by atoms with Gasteiger partial charge in [0.2, 0.25) is 5.91 Å². The van der Waals surface area contributed by atoms with Crippen LogP contribution in [-0.2, 0) is 4.74 Å². The number of morpholine rings is 1. The number of aromatic nitrogens is 2. The Hall–Kier alpha value is -3.06. The number of nitrogens with zero attached hydrogens (tertiary/aromatic N) is 2. The molecule has 1 aliphatic heterocycles. The molecule has 1 fully saturated rings. The number of anilines is 1. The number of primary amides is 1. The van der Waals surface area contributed by atoms with Crippen LogP contribution in [0.5, 0.6) is 5.75 Å². The maximum Gasteiger partial charge on any atom is 0.249 e. The number of carbonyl (C=O) groups excluding carboxylic acids is 1. The fourth-order valence-corrected chi connectivity index (χ4v) is 3.32. The van der Waals surface area contributed by atoms with Crippen LogP contribution >= 0.6 is 0 Å². The van der Waals surface area contributed by atoms with E-state index in [4.69, 9.17) is 20.2 Å². The molecule has 0 bridgehead atoms. The molecule has 2 aromatic carbocycles. The number of benzene rings is 2. The molecule has 7 nitrogen and oxygen atoms in total. The molecule has 2 heterocycles. The van der Waals surface area contributed by atoms with Gasteiger partial charge in [-0.15, -0.1) is 0 Å². The highest BCUT2D eigenvalue weighted by Gasteiger charge is 2.20. The summed E-state index contributed by atoms with van der Waals surface area (Å²) in [5, 5.41) is 0. The SMILES string of the molecule is COc1ccc(N2CCOCC2)c2nc(-c3ccccc3C(N)=O)[nH]c12. The molecule has 0 radical (unpaired) electrons. The first-order valence-electron chi connectivity index (χ1n) is 8.47. The van der Waals surface area contributed by atoms with Crippen molar-refractivity contribution < 1.29 is 14.3 Å². The standard InChI is InChI=1S/C19H20N4O3/c1-25-15-7-6-14(23-8-10-26-11-9-23)16-17(15)22-19(21-16)13-5-3-2-4-12(13)18(20)24/h2-7H,8-11H2,1H3,(H2,20,24)(H,21,22). The van der Waals surface area contributed by atoms with Crippen LogP contribution in [0.2, 0.25) is 0 Å². The molecule has 3 N–H and O–H groups in total. The average molecular weight is 352 g/mol. The number of hydrogen-bond acceptors (Lipinski definition) is 5. The molecule has 4 rings (SSSR count). The number of rotatable bonds is 4. The van der Waals surface area contributed by atoms with Crippen molar-refractivity contribution in [2.24, 2.45) is 5.73 Å². The minimum absolute atomic E-state index is 0.429. The molecule has 1 amide bonds. The van der Waals surface area contributed by atoms with Gasteiger partial charge in [0.1, 0.15) is 22.6 Å². The van der Waals surface area contributed by atoms with Crippen LogP contribution in [-0.4, -0.2) is 49.3 Å². The Morgan fingerprint density at radius 3 is 2.73 bits per heavy atom. The Labute approximate surface area is 150 Å². The van der Waals surface area contributed by atoms with Gasteiger partial charge in [0.25, 0.3) is 0 Å². The Balaban J connectivity index is 1.89. The van der Waals surface area contributed by atoms with Crippen molar-refractivity contribution in [1.82, 2.24) is 9.97 Å². The monoisotopic (exact) mass is 352 g/mol. The van der Waals surface area contributed by atoms with Crippen molar-refractivity contribution in [2.75, 3.05) is 38.3 Å². The van der Waals surface area contributed by atoms with Crippen molar-refractivity contribution in [2.45, 2.75) is 0 Å². The largest absolute Gasteiger partial charge is 0.494 e. The highest BCUT2D eigenvalue weighted by atomic mass is 16.5. The predicted octanol–water partition coefficient (Wildman–Crippen LogP) is 2.17. The van der Waals surface area contributed by atoms with Crippen molar-refractivity contribution in [3.05, 3.63) is 42.0 Å². The molecule has 0 unspecified atom stereocenters. The van der Waals surface area contributed by atoms with Gasteiger partial charge in [0, 0.05) is 18.7 Å². The van der Waals surface area contributed by atoms with Crippen LogP contribution in [0.4, 0.5) is 5.69 Å². The summed E-state index contributed by atoms with van der Waals surface area (Å²) in [5.41, 5.74) is 9.24. The highest BCUT2D eigenvalue weighted by Crippen LogP contribution is 2.35. The zero-order valence-corrected chi connectivity index (χ0v) is 14.5. The number of amides is 1. The number of nitrogens with one attached hydrogen (secondary N) is 1. The molecule has 134 valence electrons.